The number of imidazole rings is 1. The van der Waals surface area contributed by atoms with E-state index in [2.05, 4.69) is 4.98 Å². The van der Waals surface area contributed by atoms with Gasteiger partial charge >= 0.3 is 0 Å². The zero-order valence-corrected chi connectivity index (χ0v) is 10.5. The molecule has 2 rings (SSSR count). The van der Waals surface area contributed by atoms with E-state index < -0.39 is 0 Å². The third-order valence-electron chi connectivity index (χ3n) is 2.46. The lowest BCUT2D eigenvalue weighted by Crippen LogP contribution is -2.07. The number of nitrogens with zero attached hydrogens (tertiary/aromatic N) is 2. The molecule has 0 aliphatic heterocycles. The van der Waals surface area contributed by atoms with Crippen LogP contribution in [0.15, 0.2) is 40.6 Å². The highest BCUT2D eigenvalue weighted by atomic mass is 32.2. The van der Waals surface area contributed by atoms with Crippen LogP contribution in [0, 0.1) is 5.82 Å². The predicted molar refractivity (Wildman–Crippen MR) is 66.3 cm³/mol. The van der Waals surface area contributed by atoms with Crippen molar-refractivity contribution < 1.29 is 4.39 Å². The van der Waals surface area contributed by atoms with Crippen molar-refractivity contribution in [2.75, 3.05) is 0 Å². The van der Waals surface area contributed by atoms with Crippen LogP contribution in [-0.2, 0) is 7.05 Å². The van der Waals surface area contributed by atoms with Crippen molar-refractivity contribution in [1.82, 2.24) is 9.55 Å². The lowest BCUT2D eigenvalue weighted by atomic mass is 10.1. The Bertz CT molecular complexity index is 522. The molecule has 3 nitrogen and oxygen atoms in total. The molecule has 1 unspecified atom stereocenters. The van der Waals surface area contributed by atoms with Crippen LogP contribution in [0.2, 0.25) is 0 Å². The Morgan fingerprint density at radius 1 is 1.47 bits per heavy atom. The van der Waals surface area contributed by atoms with E-state index in [1.54, 1.807) is 12.3 Å². The predicted octanol–water partition coefficient (Wildman–Crippen LogP) is 2.73. The average molecular weight is 251 g/mol. The number of benzene rings is 1. The van der Waals surface area contributed by atoms with Crippen molar-refractivity contribution in [1.29, 1.82) is 0 Å². The van der Waals surface area contributed by atoms with E-state index in [0.717, 1.165) is 10.7 Å². The van der Waals surface area contributed by atoms with Gasteiger partial charge in [0.05, 0.1) is 4.90 Å². The highest BCUT2D eigenvalue weighted by molar-refractivity contribution is 7.99. The molecule has 1 aromatic heterocycles. The molecule has 0 aliphatic carbocycles. The molecule has 0 saturated carbocycles. The van der Waals surface area contributed by atoms with Gasteiger partial charge in [-0.1, -0.05) is 12.1 Å². The van der Waals surface area contributed by atoms with Crippen molar-refractivity contribution >= 4 is 11.8 Å². The summed E-state index contributed by atoms with van der Waals surface area (Å²) in [7, 11) is 1.88. The molecule has 0 amide bonds. The first-order valence-electron chi connectivity index (χ1n) is 5.28. The summed E-state index contributed by atoms with van der Waals surface area (Å²) in [5.41, 5.74) is 6.65. The molecule has 17 heavy (non-hydrogen) atoms. The zero-order valence-electron chi connectivity index (χ0n) is 9.72. The van der Waals surface area contributed by atoms with Crippen LogP contribution in [0.25, 0.3) is 0 Å². The molecule has 2 N–H and O–H groups in total. The SMILES string of the molecule is CC(N)c1cccc(F)c1Sc1nccn1C. The third kappa shape index (κ3) is 2.50. The van der Waals surface area contributed by atoms with Gasteiger partial charge in [-0.05, 0) is 30.3 Å². The van der Waals surface area contributed by atoms with Crippen molar-refractivity contribution in [3.63, 3.8) is 0 Å². The first-order valence-corrected chi connectivity index (χ1v) is 6.10. The zero-order chi connectivity index (χ0) is 12.4. The first-order chi connectivity index (χ1) is 8.09. The fraction of sp³-hybridized carbons (Fsp3) is 0.250. The number of rotatable bonds is 3. The molecular formula is C12H14FN3S. The van der Waals surface area contributed by atoms with Crippen LogP contribution in [0.4, 0.5) is 4.39 Å². The highest BCUT2D eigenvalue weighted by Crippen LogP contribution is 2.33. The quantitative estimate of drug-likeness (QED) is 0.912. The molecular weight excluding hydrogens is 237 g/mol. The molecule has 0 bridgehead atoms. The highest BCUT2D eigenvalue weighted by Gasteiger charge is 2.14. The minimum Gasteiger partial charge on any atom is -0.329 e. The summed E-state index contributed by atoms with van der Waals surface area (Å²) in [5, 5.41) is 0.747. The molecule has 1 aromatic carbocycles. The molecule has 5 heteroatoms. The van der Waals surface area contributed by atoms with Crippen molar-refractivity contribution in [3.05, 3.63) is 42.0 Å². The Morgan fingerprint density at radius 2 is 2.24 bits per heavy atom. The maximum atomic E-state index is 13.8. The van der Waals surface area contributed by atoms with Gasteiger partial charge in [0.15, 0.2) is 5.16 Å². The van der Waals surface area contributed by atoms with Gasteiger partial charge in [0.1, 0.15) is 5.82 Å². The number of halogens is 1. The summed E-state index contributed by atoms with van der Waals surface area (Å²) in [6.45, 7) is 1.84. The molecule has 2 aromatic rings. The Morgan fingerprint density at radius 3 is 2.82 bits per heavy atom. The van der Waals surface area contributed by atoms with Crippen LogP contribution in [-0.4, -0.2) is 9.55 Å². The number of hydrogen-bond donors (Lipinski definition) is 1. The number of aryl methyl sites for hydroxylation is 1. The van der Waals surface area contributed by atoms with Gasteiger partial charge < -0.3 is 10.3 Å². The fourth-order valence-electron chi connectivity index (χ4n) is 1.53. The van der Waals surface area contributed by atoms with Crippen LogP contribution in [0.3, 0.4) is 0 Å². The monoisotopic (exact) mass is 251 g/mol. The summed E-state index contributed by atoms with van der Waals surface area (Å²) in [5.74, 6) is -0.257. The summed E-state index contributed by atoms with van der Waals surface area (Å²) in [6.07, 6.45) is 3.52. The topological polar surface area (TPSA) is 43.8 Å². The summed E-state index contributed by atoms with van der Waals surface area (Å²) in [4.78, 5) is 4.72. The van der Waals surface area contributed by atoms with Gasteiger partial charge in [-0.3, -0.25) is 0 Å². The number of aromatic nitrogens is 2. The largest absolute Gasteiger partial charge is 0.329 e. The van der Waals surface area contributed by atoms with E-state index in [1.807, 2.05) is 30.8 Å². The van der Waals surface area contributed by atoms with Gasteiger partial charge in [0, 0.05) is 25.5 Å². The van der Waals surface area contributed by atoms with E-state index in [9.17, 15) is 4.39 Å². The first kappa shape index (κ1) is 12.1. The molecule has 90 valence electrons. The van der Waals surface area contributed by atoms with Crippen LogP contribution < -0.4 is 5.73 Å². The van der Waals surface area contributed by atoms with E-state index in [-0.39, 0.29) is 11.9 Å². The second-order valence-electron chi connectivity index (χ2n) is 3.87. The van der Waals surface area contributed by atoms with Gasteiger partial charge in [-0.25, -0.2) is 9.37 Å². The Kier molecular flexibility index (Phi) is 3.49. The molecule has 0 aliphatic rings. The van der Waals surface area contributed by atoms with E-state index in [0.29, 0.717) is 4.90 Å². The maximum Gasteiger partial charge on any atom is 0.172 e. The standard InChI is InChI=1S/C12H14FN3S/c1-8(14)9-4-3-5-10(13)11(9)17-12-15-6-7-16(12)2/h3-8H,14H2,1-2H3. The van der Waals surface area contributed by atoms with E-state index >= 15 is 0 Å². The van der Waals surface area contributed by atoms with Crippen molar-refractivity contribution in [2.24, 2.45) is 12.8 Å². The second kappa shape index (κ2) is 4.89. The van der Waals surface area contributed by atoms with Crippen LogP contribution in [0.5, 0.6) is 0 Å². The molecule has 0 saturated heterocycles. The van der Waals surface area contributed by atoms with Gasteiger partial charge in [-0.2, -0.15) is 0 Å². The van der Waals surface area contributed by atoms with Crippen LogP contribution >= 0.6 is 11.8 Å². The summed E-state index contributed by atoms with van der Waals surface area (Å²) in [6, 6.07) is 4.76. The third-order valence-corrected chi connectivity index (χ3v) is 3.67. The number of nitrogens with two attached hydrogens (primary N) is 1. The van der Waals surface area contributed by atoms with Gasteiger partial charge in [0.2, 0.25) is 0 Å². The minimum absolute atomic E-state index is 0.200. The molecule has 1 heterocycles. The fourth-order valence-corrected chi connectivity index (χ4v) is 2.57. The number of hydrogen-bond acceptors (Lipinski definition) is 3. The molecule has 0 spiro atoms. The molecule has 0 radical (unpaired) electrons. The smallest absolute Gasteiger partial charge is 0.172 e. The Labute approximate surface area is 104 Å². The minimum atomic E-state index is -0.257. The van der Waals surface area contributed by atoms with Crippen LogP contribution in [0.1, 0.15) is 18.5 Å². The Balaban J connectivity index is 2.41. The lowest BCUT2D eigenvalue weighted by Gasteiger charge is -2.12. The van der Waals surface area contributed by atoms with Gasteiger partial charge in [0.25, 0.3) is 0 Å². The average Bonchev–Trinajstić information content (AvgIpc) is 2.67. The molecule has 0 fully saturated rings. The molecule has 1 atom stereocenters. The van der Waals surface area contributed by atoms with Crippen molar-refractivity contribution in [2.45, 2.75) is 23.0 Å². The van der Waals surface area contributed by atoms with E-state index in [1.165, 1.54) is 17.8 Å². The van der Waals surface area contributed by atoms with E-state index in [4.69, 9.17) is 5.73 Å². The Hall–Kier alpha value is -1.33. The van der Waals surface area contributed by atoms with Gasteiger partial charge in [-0.15, -0.1) is 0 Å². The second-order valence-corrected chi connectivity index (χ2v) is 4.85. The lowest BCUT2D eigenvalue weighted by molar-refractivity contribution is 0.590. The summed E-state index contributed by atoms with van der Waals surface area (Å²) < 4.78 is 15.7. The normalized spacial score (nSPS) is 12.7. The maximum absolute atomic E-state index is 13.8. The van der Waals surface area contributed by atoms with Crippen molar-refractivity contribution in [3.8, 4) is 0 Å². The summed E-state index contributed by atoms with van der Waals surface area (Å²) >= 11 is 1.30.